The van der Waals surface area contributed by atoms with E-state index in [0.29, 0.717) is 30.6 Å². The van der Waals surface area contributed by atoms with Gasteiger partial charge in [0.05, 0.1) is 45.1 Å². The first kappa shape index (κ1) is 19.0. The standard InChI is InChI=1S/C24H31NO4/c1-5-8-24-9-6-15-14(2)7-10-29-20-13-21(26)25(23(24)22(15)20)17-12-19(28-4)18(27-3)11-16(17)24/h7,11-12,15,20,22-23H,5-6,8-10,13H2,1-4H3/t15-,20-,22?,23-,24-/m0/s1. The molecule has 2 fully saturated rings. The van der Waals surface area contributed by atoms with Gasteiger partial charge in [0.1, 0.15) is 0 Å². The molecule has 5 heteroatoms. The first-order valence-electron chi connectivity index (χ1n) is 10.9. The van der Waals surface area contributed by atoms with Crippen molar-refractivity contribution < 1.29 is 19.0 Å². The third-order valence-corrected chi connectivity index (χ3v) is 7.94. The summed E-state index contributed by atoms with van der Waals surface area (Å²) in [6.45, 7) is 5.12. The second-order valence-electron chi connectivity index (χ2n) is 9.09. The summed E-state index contributed by atoms with van der Waals surface area (Å²) in [6, 6.07) is 4.32. The normalized spacial score (nSPS) is 34.8. The summed E-state index contributed by atoms with van der Waals surface area (Å²) in [5, 5.41) is 0. The van der Waals surface area contributed by atoms with Crippen LogP contribution in [0.25, 0.3) is 0 Å². The van der Waals surface area contributed by atoms with Crippen LogP contribution in [0, 0.1) is 11.8 Å². The molecule has 1 unspecified atom stereocenters. The zero-order valence-corrected chi connectivity index (χ0v) is 17.9. The first-order chi connectivity index (χ1) is 14.1. The van der Waals surface area contributed by atoms with E-state index in [9.17, 15) is 4.79 Å². The van der Waals surface area contributed by atoms with Gasteiger partial charge in [-0.2, -0.15) is 0 Å². The Morgan fingerprint density at radius 3 is 2.72 bits per heavy atom. The summed E-state index contributed by atoms with van der Waals surface area (Å²) in [6.07, 6.45) is 7.12. The molecule has 0 spiro atoms. The number of carbonyl (C=O) groups excluding carboxylic acids is 1. The molecule has 4 aliphatic rings. The number of fused-ring (bicyclic) bond motifs is 3. The molecule has 1 amide bonds. The fraction of sp³-hybridized carbons (Fsp3) is 0.625. The molecule has 1 aromatic rings. The third-order valence-electron chi connectivity index (χ3n) is 7.94. The number of amides is 1. The van der Waals surface area contributed by atoms with Crippen molar-refractivity contribution in [2.45, 2.75) is 63.5 Å². The van der Waals surface area contributed by atoms with Gasteiger partial charge in [0, 0.05) is 17.4 Å². The van der Waals surface area contributed by atoms with Gasteiger partial charge in [0.15, 0.2) is 11.5 Å². The van der Waals surface area contributed by atoms with E-state index >= 15 is 0 Å². The van der Waals surface area contributed by atoms with Crippen molar-refractivity contribution in [1.82, 2.24) is 0 Å². The number of hydrogen-bond acceptors (Lipinski definition) is 4. The average molecular weight is 398 g/mol. The molecule has 1 aromatic carbocycles. The zero-order valence-electron chi connectivity index (χ0n) is 17.9. The number of piperidine rings is 1. The minimum Gasteiger partial charge on any atom is -0.493 e. The Hall–Kier alpha value is -2.01. The van der Waals surface area contributed by atoms with E-state index in [-0.39, 0.29) is 23.5 Å². The van der Waals surface area contributed by atoms with Crippen molar-refractivity contribution in [3.63, 3.8) is 0 Å². The second kappa shape index (κ2) is 6.76. The molecule has 5 atom stereocenters. The number of hydrogen-bond donors (Lipinski definition) is 0. The van der Waals surface area contributed by atoms with Crippen LogP contribution in [0.3, 0.4) is 0 Å². The van der Waals surface area contributed by atoms with Gasteiger partial charge in [0.2, 0.25) is 5.91 Å². The Morgan fingerprint density at radius 1 is 1.24 bits per heavy atom. The number of anilines is 1. The van der Waals surface area contributed by atoms with Crippen molar-refractivity contribution in [3.8, 4) is 11.5 Å². The van der Waals surface area contributed by atoms with Crippen LogP contribution in [-0.4, -0.2) is 38.9 Å². The summed E-state index contributed by atoms with van der Waals surface area (Å²) < 4.78 is 17.5. The molecule has 156 valence electrons. The Labute approximate surface area is 173 Å². The molecule has 3 aliphatic heterocycles. The molecule has 0 radical (unpaired) electrons. The van der Waals surface area contributed by atoms with Crippen LogP contribution in [-0.2, 0) is 14.9 Å². The lowest BCUT2D eigenvalue weighted by Gasteiger charge is -2.54. The summed E-state index contributed by atoms with van der Waals surface area (Å²) in [7, 11) is 3.34. The van der Waals surface area contributed by atoms with Gasteiger partial charge in [-0.05, 0) is 43.7 Å². The molecule has 5 rings (SSSR count). The molecule has 1 saturated heterocycles. The quantitative estimate of drug-likeness (QED) is 0.714. The molecule has 3 heterocycles. The summed E-state index contributed by atoms with van der Waals surface area (Å²) >= 11 is 0. The Balaban J connectivity index is 1.74. The first-order valence-corrected chi connectivity index (χ1v) is 10.9. The van der Waals surface area contributed by atoms with Crippen LogP contribution in [0.5, 0.6) is 11.5 Å². The number of methoxy groups -OCH3 is 2. The second-order valence-corrected chi connectivity index (χ2v) is 9.09. The summed E-state index contributed by atoms with van der Waals surface area (Å²) in [5.74, 6) is 2.46. The van der Waals surface area contributed by atoms with Crippen molar-refractivity contribution in [1.29, 1.82) is 0 Å². The van der Waals surface area contributed by atoms with Crippen molar-refractivity contribution in [2.75, 3.05) is 25.7 Å². The van der Waals surface area contributed by atoms with Crippen molar-refractivity contribution >= 4 is 11.6 Å². The van der Waals surface area contributed by atoms with Gasteiger partial charge >= 0.3 is 0 Å². The van der Waals surface area contributed by atoms with E-state index in [1.807, 2.05) is 6.07 Å². The van der Waals surface area contributed by atoms with E-state index in [4.69, 9.17) is 14.2 Å². The van der Waals surface area contributed by atoms with Crippen LogP contribution in [0.15, 0.2) is 23.8 Å². The summed E-state index contributed by atoms with van der Waals surface area (Å²) in [5.41, 5.74) is 3.69. The van der Waals surface area contributed by atoms with Gasteiger partial charge in [-0.3, -0.25) is 4.79 Å². The number of carbonyl (C=O) groups is 1. The number of nitrogens with zero attached hydrogens (tertiary/aromatic N) is 1. The lowest BCUT2D eigenvalue weighted by atomic mass is 9.55. The van der Waals surface area contributed by atoms with Gasteiger partial charge in [-0.15, -0.1) is 0 Å². The van der Waals surface area contributed by atoms with Gasteiger partial charge in [0.25, 0.3) is 0 Å². The molecule has 0 N–H and O–H groups in total. The lowest BCUT2D eigenvalue weighted by Crippen LogP contribution is -2.63. The SMILES string of the molecule is CCC[C@]12CC[C@H]3C(C)=CCO[C@H]4CC(=O)N(c5cc(OC)c(OC)cc51)[C@H]2C43. The molecule has 29 heavy (non-hydrogen) atoms. The molecule has 0 aromatic heterocycles. The van der Waals surface area contributed by atoms with Crippen LogP contribution < -0.4 is 14.4 Å². The lowest BCUT2D eigenvalue weighted by molar-refractivity contribution is -0.130. The maximum Gasteiger partial charge on any atom is 0.229 e. The predicted molar refractivity (Wildman–Crippen MR) is 112 cm³/mol. The molecule has 1 aliphatic carbocycles. The van der Waals surface area contributed by atoms with Crippen LogP contribution in [0.4, 0.5) is 5.69 Å². The average Bonchev–Trinajstić information content (AvgIpc) is 2.90. The minimum absolute atomic E-state index is 0.0112. The molecule has 5 nitrogen and oxygen atoms in total. The molecule has 1 saturated carbocycles. The highest BCUT2D eigenvalue weighted by Crippen LogP contribution is 2.62. The molecular formula is C24H31NO4. The highest BCUT2D eigenvalue weighted by Gasteiger charge is 2.63. The van der Waals surface area contributed by atoms with E-state index in [0.717, 1.165) is 37.1 Å². The number of benzene rings is 1. The molecule has 0 bridgehead atoms. The predicted octanol–water partition coefficient (Wildman–Crippen LogP) is 4.23. The van der Waals surface area contributed by atoms with E-state index in [2.05, 4.69) is 30.9 Å². The fourth-order valence-corrected chi connectivity index (χ4v) is 6.84. The van der Waals surface area contributed by atoms with Crippen LogP contribution in [0.1, 0.15) is 51.5 Å². The summed E-state index contributed by atoms with van der Waals surface area (Å²) in [4.78, 5) is 15.5. The van der Waals surface area contributed by atoms with Crippen molar-refractivity contribution in [3.05, 3.63) is 29.3 Å². The topological polar surface area (TPSA) is 48.0 Å². The smallest absolute Gasteiger partial charge is 0.229 e. The largest absolute Gasteiger partial charge is 0.493 e. The highest BCUT2D eigenvalue weighted by atomic mass is 16.5. The Morgan fingerprint density at radius 2 is 2.00 bits per heavy atom. The van der Waals surface area contributed by atoms with Gasteiger partial charge in [-0.1, -0.05) is 25.0 Å². The van der Waals surface area contributed by atoms with Gasteiger partial charge < -0.3 is 19.1 Å². The number of ether oxygens (including phenoxy) is 3. The molecular weight excluding hydrogens is 366 g/mol. The number of rotatable bonds is 4. The fourth-order valence-electron chi connectivity index (χ4n) is 6.84. The maximum atomic E-state index is 13.4. The Bertz CT molecular complexity index is 878. The van der Waals surface area contributed by atoms with Crippen LogP contribution >= 0.6 is 0 Å². The third kappa shape index (κ3) is 2.46. The highest BCUT2D eigenvalue weighted by molar-refractivity contribution is 5.99. The van der Waals surface area contributed by atoms with E-state index in [1.54, 1.807) is 14.2 Å². The van der Waals surface area contributed by atoms with E-state index < -0.39 is 0 Å². The van der Waals surface area contributed by atoms with Gasteiger partial charge in [-0.25, -0.2) is 0 Å². The van der Waals surface area contributed by atoms with Crippen LogP contribution in [0.2, 0.25) is 0 Å². The Kier molecular flexibility index (Phi) is 4.43. The minimum atomic E-state index is -0.0346. The maximum absolute atomic E-state index is 13.4. The van der Waals surface area contributed by atoms with Crippen molar-refractivity contribution in [2.24, 2.45) is 11.8 Å². The monoisotopic (exact) mass is 397 g/mol. The number of allylic oxidation sites excluding steroid dienone is 1. The zero-order chi connectivity index (χ0) is 20.3. The van der Waals surface area contributed by atoms with E-state index in [1.165, 1.54) is 11.1 Å².